The van der Waals surface area contributed by atoms with Gasteiger partial charge in [0.2, 0.25) is 0 Å². The molecule has 1 N–H and O–H groups in total. The van der Waals surface area contributed by atoms with Gasteiger partial charge >= 0.3 is 0 Å². The second-order valence-electron chi connectivity index (χ2n) is 7.09. The molecule has 0 amide bonds. The normalized spacial score (nSPS) is 15.7. The van der Waals surface area contributed by atoms with Gasteiger partial charge in [-0.05, 0) is 55.0 Å². The minimum absolute atomic E-state index is 0.0576. The zero-order valence-corrected chi connectivity index (χ0v) is 16.8. The third-order valence-corrected chi connectivity index (χ3v) is 5.40. The fourth-order valence-corrected chi connectivity index (χ4v) is 3.84. The highest BCUT2D eigenvalue weighted by Gasteiger charge is 2.26. The highest BCUT2D eigenvalue weighted by molar-refractivity contribution is 6.30. The van der Waals surface area contributed by atoms with Crippen molar-refractivity contribution in [3.8, 4) is 11.4 Å². The van der Waals surface area contributed by atoms with Crippen LogP contribution in [0.3, 0.4) is 0 Å². The molecule has 3 aromatic rings. The Kier molecular flexibility index (Phi) is 4.66. The van der Waals surface area contributed by atoms with Crippen molar-refractivity contribution in [3.63, 3.8) is 0 Å². The van der Waals surface area contributed by atoms with E-state index in [4.69, 9.17) is 4.74 Å². The van der Waals surface area contributed by atoms with Gasteiger partial charge in [0.25, 0.3) is 5.56 Å². The second-order valence-corrected chi connectivity index (χ2v) is 7.09. The zero-order chi connectivity index (χ0) is 21.6. The summed E-state index contributed by atoms with van der Waals surface area (Å²) in [6.45, 7) is 1.70. The molecule has 0 radical (unpaired) electrons. The lowest BCUT2D eigenvalue weighted by atomic mass is 9.92. The number of carbonyl (C=O) groups excluding carboxylic acids is 2. The van der Waals surface area contributed by atoms with E-state index in [9.17, 15) is 19.5 Å². The minimum atomic E-state index is -0.535. The van der Waals surface area contributed by atoms with Crippen LogP contribution in [0, 0.1) is 6.92 Å². The van der Waals surface area contributed by atoms with E-state index in [0.29, 0.717) is 33.5 Å². The number of ether oxygens (including phenoxy) is 1. The molecule has 0 saturated carbocycles. The van der Waals surface area contributed by atoms with Gasteiger partial charge < -0.3 is 9.84 Å². The van der Waals surface area contributed by atoms with Gasteiger partial charge in [0.1, 0.15) is 17.1 Å². The Morgan fingerprint density at radius 2 is 1.77 bits per heavy atom. The third-order valence-electron chi connectivity index (χ3n) is 5.40. The summed E-state index contributed by atoms with van der Waals surface area (Å²) >= 11 is 0. The molecule has 0 bridgehead atoms. The largest absolute Gasteiger partial charge is 0.506 e. The molecule has 0 atom stereocenters. The van der Waals surface area contributed by atoms with E-state index < -0.39 is 17.3 Å². The number of hydrogen-bond donors (Lipinski definition) is 1. The molecule has 30 heavy (non-hydrogen) atoms. The van der Waals surface area contributed by atoms with Crippen LogP contribution in [0.15, 0.2) is 58.9 Å². The number of allylic oxidation sites excluding steroid dienone is 3. The summed E-state index contributed by atoms with van der Waals surface area (Å²) in [5, 5.41) is 11.1. The van der Waals surface area contributed by atoms with Crippen LogP contribution in [-0.4, -0.2) is 33.1 Å². The maximum atomic E-state index is 13.3. The van der Waals surface area contributed by atoms with Gasteiger partial charge in [0.15, 0.2) is 11.6 Å². The number of fused-ring (bicyclic) bond motifs is 1. The fourth-order valence-electron chi connectivity index (χ4n) is 3.84. The summed E-state index contributed by atoms with van der Waals surface area (Å²) < 4.78 is 8.41. The Morgan fingerprint density at radius 1 is 1.07 bits per heavy atom. The number of nitrogens with zero attached hydrogens (tertiary/aromatic N) is 2. The SMILES string of the molecule is COc1ccc(-n2c(=O)c3c(C)c(/C(O)=C4/C(=O)C=CCC4=O)ccc3n2C)cc1. The van der Waals surface area contributed by atoms with E-state index in [2.05, 4.69) is 0 Å². The lowest BCUT2D eigenvalue weighted by Crippen LogP contribution is -2.19. The first-order valence-corrected chi connectivity index (χ1v) is 9.38. The molecule has 0 saturated heterocycles. The molecule has 0 fully saturated rings. The molecule has 7 heteroatoms. The van der Waals surface area contributed by atoms with Crippen molar-refractivity contribution in [3.05, 3.63) is 75.6 Å². The average molecular weight is 404 g/mol. The Labute approximate surface area is 172 Å². The summed E-state index contributed by atoms with van der Waals surface area (Å²) in [6.07, 6.45) is 2.81. The van der Waals surface area contributed by atoms with E-state index in [1.807, 2.05) is 0 Å². The zero-order valence-electron chi connectivity index (χ0n) is 16.8. The van der Waals surface area contributed by atoms with E-state index in [1.54, 1.807) is 62.2 Å². The fraction of sp³-hybridized carbons (Fsp3) is 0.174. The molecule has 0 aliphatic heterocycles. The number of Topliss-reactive ketones (excluding diaryl/α,β-unsaturated/α-hetero) is 1. The summed E-state index contributed by atoms with van der Waals surface area (Å²) in [5.74, 6) is -0.695. The average Bonchev–Trinajstić information content (AvgIpc) is 2.99. The lowest BCUT2D eigenvalue weighted by Gasteiger charge is -2.12. The summed E-state index contributed by atoms with van der Waals surface area (Å²) in [7, 11) is 3.34. The molecule has 4 rings (SSSR count). The molecule has 1 aliphatic carbocycles. The van der Waals surface area contributed by atoms with Gasteiger partial charge in [0, 0.05) is 19.0 Å². The number of rotatable bonds is 3. The summed E-state index contributed by atoms with van der Waals surface area (Å²) in [5.41, 5.74) is 1.60. The molecule has 1 heterocycles. The molecular weight excluding hydrogens is 384 g/mol. The van der Waals surface area contributed by atoms with Gasteiger partial charge in [-0.2, -0.15) is 0 Å². The third kappa shape index (κ3) is 2.86. The number of carbonyl (C=O) groups is 2. The van der Waals surface area contributed by atoms with Crippen LogP contribution in [-0.2, 0) is 16.6 Å². The van der Waals surface area contributed by atoms with E-state index >= 15 is 0 Å². The number of aliphatic hydroxyl groups is 1. The van der Waals surface area contributed by atoms with Crippen LogP contribution >= 0.6 is 0 Å². The molecule has 152 valence electrons. The maximum Gasteiger partial charge on any atom is 0.279 e. The number of aliphatic hydroxyl groups excluding tert-OH is 1. The number of hydrogen-bond acceptors (Lipinski definition) is 5. The first-order chi connectivity index (χ1) is 14.3. The van der Waals surface area contributed by atoms with Gasteiger partial charge in [-0.1, -0.05) is 6.08 Å². The minimum Gasteiger partial charge on any atom is -0.506 e. The molecule has 0 spiro atoms. The van der Waals surface area contributed by atoms with Gasteiger partial charge in [-0.15, -0.1) is 0 Å². The van der Waals surface area contributed by atoms with Crippen molar-refractivity contribution in [1.82, 2.24) is 9.36 Å². The number of ketones is 2. The second kappa shape index (κ2) is 7.18. The van der Waals surface area contributed by atoms with Crippen LogP contribution in [0.1, 0.15) is 17.5 Å². The first kappa shape index (κ1) is 19.4. The number of methoxy groups -OCH3 is 1. The Morgan fingerprint density at radius 3 is 2.40 bits per heavy atom. The lowest BCUT2D eigenvalue weighted by molar-refractivity contribution is -0.119. The van der Waals surface area contributed by atoms with Crippen LogP contribution < -0.4 is 10.3 Å². The van der Waals surface area contributed by atoms with Crippen molar-refractivity contribution in [2.75, 3.05) is 7.11 Å². The Hall–Kier alpha value is -3.87. The standard InChI is InChI=1S/C23H20N2O5/c1-13-16(22(28)21-18(26)5-4-6-19(21)27)11-12-17-20(13)23(29)25(24(17)2)14-7-9-15(30-3)10-8-14/h4-5,7-12,28H,6H2,1-3H3/b22-21+. The van der Waals surface area contributed by atoms with Crippen molar-refractivity contribution in [2.45, 2.75) is 13.3 Å². The predicted molar refractivity (Wildman–Crippen MR) is 113 cm³/mol. The topological polar surface area (TPSA) is 90.5 Å². The van der Waals surface area contributed by atoms with Crippen LogP contribution in [0.5, 0.6) is 5.75 Å². The highest BCUT2D eigenvalue weighted by Crippen LogP contribution is 2.28. The Balaban J connectivity index is 1.95. The Bertz CT molecular complexity index is 1320. The van der Waals surface area contributed by atoms with Crippen molar-refractivity contribution < 1.29 is 19.4 Å². The number of aromatic nitrogens is 2. The van der Waals surface area contributed by atoms with Gasteiger partial charge in [-0.3, -0.25) is 19.1 Å². The maximum absolute atomic E-state index is 13.3. The molecule has 7 nitrogen and oxygen atoms in total. The van der Waals surface area contributed by atoms with Crippen molar-refractivity contribution in [2.24, 2.45) is 7.05 Å². The summed E-state index contributed by atoms with van der Waals surface area (Å²) in [4.78, 5) is 37.6. The van der Waals surface area contributed by atoms with Crippen molar-refractivity contribution in [1.29, 1.82) is 0 Å². The smallest absolute Gasteiger partial charge is 0.279 e. The molecule has 1 aromatic heterocycles. The van der Waals surface area contributed by atoms with E-state index in [1.165, 1.54) is 16.8 Å². The van der Waals surface area contributed by atoms with Crippen LogP contribution in [0.2, 0.25) is 0 Å². The van der Waals surface area contributed by atoms with Crippen LogP contribution in [0.4, 0.5) is 0 Å². The van der Waals surface area contributed by atoms with E-state index in [0.717, 1.165) is 0 Å². The number of benzene rings is 2. The van der Waals surface area contributed by atoms with Gasteiger partial charge in [0.05, 0.1) is 23.7 Å². The number of aryl methyl sites for hydroxylation is 2. The quantitative estimate of drug-likeness (QED) is 0.412. The molecule has 1 aliphatic rings. The first-order valence-electron chi connectivity index (χ1n) is 9.38. The molecule has 2 aromatic carbocycles. The van der Waals surface area contributed by atoms with E-state index in [-0.39, 0.29) is 17.6 Å². The molecular formula is C23H20N2O5. The highest BCUT2D eigenvalue weighted by atomic mass is 16.5. The molecule has 0 unspecified atom stereocenters. The predicted octanol–water partition coefficient (Wildman–Crippen LogP) is 3.01. The monoisotopic (exact) mass is 404 g/mol. The summed E-state index contributed by atoms with van der Waals surface area (Å²) in [6, 6.07) is 10.4. The van der Waals surface area contributed by atoms with Crippen LogP contribution in [0.25, 0.3) is 22.3 Å². The van der Waals surface area contributed by atoms with Crippen molar-refractivity contribution >= 4 is 28.2 Å². The van der Waals surface area contributed by atoms with Gasteiger partial charge in [-0.25, -0.2) is 4.68 Å².